The first-order chi connectivity index (χ1) is 11.0. The van der Waals surface area contributed by atoms with Crippen LogP contribution in [0.15, 0.2) is 35.7 Å². The van der Waals surface area contributed by atoms with Crippen molar-refractivity contribution in [2.45, 2.75) is 17.7 Å². The van der Waals surface area contributed by atoms with E-state index in [-0.39, 0.29) is 22.3 Å². The topological polar surface area (TPSA) is 99.3 Å². The van der Waals surface area contributed by atoms with E-state index in [4.69, 9.17) is 0 Å². The van der Waals surface area contributed by atoms with E-state index in [0.29, 0.717) is 13.1 Å². The molecule has 2 aromatic heterocycles. The van der Waals surface area contributed by atoms with Gasteiger partial charge in [0.25, 0.3) is 15.9 Å². The number of aromatic amines is 1. The Morgan fingerprint density at radius 3 is 2.70 bits per heavy atom. The second-order valence-electron chi connectivity index (χ2n) is 5.28. The number of hydrogen-bond acceptors (Lipinski definition) is 5. The van der Waals surface area contributed by atoms with Gasteiger partial charge in [-0.1, -0.05) is 0 Å². The highest BCUT2D eigenvalue weighted by Gasteiger charge is 2.27. The minimum atomic E-state index is -3.80. The van der Waals surface area contributed by atoms with Crippen LogP contribution >= 0.6 is 0 Å². The third-order valence-electron chi connectivity index (χ3n) is 3.81. The molecule has 0 unspecified atom stereocenters. The SMILES string of the molecule is CN(c1cnccn1)S(=O)(=O)c1c[nH]c(C(=O)N2CCCC2)c1. The van der Waals surface area contributed by atoms with Crippen molar-refractivity contribution >= 4 is 21.7 Å². The van der Waals surface area contributed by atoms with Crippen LogP contribution in [0.2, 0.25) is 0 Å². The minimum absolute atomic E-state index is 0.0215. The Morgan fingerprint density at radius 2 is 2.04 bits per heavy atom. The Balaban J connectivity index is 1.85. The summed E-state index contributed by atoms with van der Waals surface area (Å²) in [6.45, 7) is 1.42. The van der Waals surface area contributed by atoms with Gasteiger partial charge in [-0.05, 0) is 18.9 Å². The maximum absolute atomic E-state index is 12.6. The van der Waals surface area contributed by atoms with Gasteiger partial charge in [0.15, 0.2) is 5.82 Å². The van der Waals surface area contributed by atoms with Crippen LogP contribution in [0.25, 0.3) is 0 Å². The first-order valence-corrected chi connectivity index (χ1v) is 8.67. The summed E-state index contributed by atoms with van der Waals surface area (Å²) in [6.07, 6.45) is 7.53. The molecule has 9 heteroatoms. The summed E-state index contributed by atoms with van der Waals surface area (Å²) < 4.78 is 26.2. The van der Waals surface area contributed by atoms with Gasteiger partial charge in [0.05, 0.1) is 6.20 Å². The molecule has 1 aliphatic rings. The number of sulfonamides is 1. The summed E-state index contributed by atoms with van der Waals surface area (Å²) in [6, 6.07) is 1.36. The fourth-order valence-electron chi connectivity index (χ4n) is 2.47. The van der Waals surface area contributed by atoms with E-state index in [1.807, 2.05) is 0 Å². The highest BCUT2D eigenvalue weighted by Crippen LogP contribution is 2.21. The molecule has 0 bridgehead atoms. The number of amides is 1. The molecule has 0 saturated carbocycles. The molecule has 8 nitrogen and oxygen atoms in total. The molecule has 0 radical (unpaired) electrons. The lowest BCUT2D eigenvalue weighted by molar-refractivity contribution is 0.0787. The van der Waals surface area contributed by atoms with E-state index in [1.54, 1.807) is 4.90 Å². The molecule has 0 spiro atoms. The van der Waals surface area contributed by atoms with Crippen LogP contribution in [0.5, 0.6) is 0 Å². The van der Waals surface area contributed by atoms with E-state index >= 15 is 0 Å². The Labute approximate surface area is 134 Å². The average molecular weight is 335 g/mol. The molecule has 1 aliphatic heterocycles. The van der Waals surface area contributed by atoms with Crippen LogP contribution in [0.3, 0.4) is 0 Å². The summed E-state index contributed by atoms with van der Waals surface area (Å²) in [5.41, 5.74) is 0.276. The van der Waals surface area contributed by atoms with Gasteiger partial charge in [0, 0.05) is 38.7 Å². The number of H-pyrrole nitrogens is 1. The largest absolute Gasteiger partial charge is 0.356 e. The fraction of sp³-hybridized carbons (Fsp3) is 0.357. The molecular formula is C14H17N5O3S. The number of nitrogens with one attached hydrogen (secondary N) is 1. The zero-order valence-electron chi connectivity index (χ0n) is 12.6. The second-order valence-corrected chi connectivity index (χ2v) is 7.25. The van der Waals surface area contributed by atoms with Crippen molar-refractivity contribution in [1.29, 1.82) is 0 Å². The van der Waals surface area contributed by atoms with Crippen molar-refractivity contribution in [3.8, 4) is 0 Å². The zero-order valence-corrected chi connectivity index (χ0v) is 13.5. The maximum Gasteiger partial charge on any atom is 0.270 e. The Bertz CT molecular complexity index is 797. The van der Waals surface area contributed by atoms with Crippen LogP contribution in [-0.2, 0) is 10.0 Å². The van der Waals surface area contributed by atoms with Gasteiger partial charge in [-0.3, -0.25) is 14.1 Å². The number of aromatic nitrogens is 3. The van der Waals surface area contributed by atoms with Gasteiger partial charge >= 0.3 is 0 Å². The van der Waals surface area contributed by atoms with Crippen molar-refractivity contribution < 1.29 is 13.2 Å². The van der Waals surface area contributed by atoms with Crippen molar-refractivity contribution in [3.63, 3.8) is 0 Å². The first kappa shape index (κ1) is 15.5. The third kappa shape index (κ3) is 2.91. The highest BCUT2D eigenvalue weighted by atomic mass is 32.2. The molecule has 3 rings (SSSR count). The van der Waals surface area contributed by atoms with E-state index < -0.39 is 10.0 Å². The fourth-order valence-corrected chi connectivity index (χ4v) is 3.60. The smallest absolute Gasteiger partial charge is 0.270 e. The highest BCUT2D eigenvalue weighted by molar-refractivity contribution is 7.92. The second kappa shape index (κ2) is 5.99. The number of nitrogens with zero attached hydrogens (tertiary/aromatic N) is 4. The van der Waals surface area contributed by atoms with E-state index in [9.17, 15) is 13.2 Å². The van der Waals surface area contributed by atoms with Crippen LogP contribution in [0.4, 0.5) is 5.82 Å². The van der Waals surface area contributed by atoms with Gasteiger partial charge in [-0.25, -0.2) is 13.4 Å². The molecule has 0 aromatic carbocycles. The van der Waals surface area contributed by atoms with Crippen LogP contribution in [0, 0.1) is 0 Å². The maximum atomic E-state index is 12.6. The van der Waals surface area contributed by atoms with E-state index in [1.165, 1.54) is 37.9 Å². The van der Waals surface area contributed by atoms with Gasteiger partial charge in [-0.2, -0.15) is 0 Å². The number of likely N-dealkylation sites (tertiary alicyclic amines) is 1. The molecule has 1 N–H and O–H groups in total. The molecule has 0 aliphatic carbocycles. The summed E-state index contributed by atoms with van der Waals surface area (Å²) in [4.78, 5) is 24.6. The van der Waals surface area contributed by atoms with Crippen molar-refractivity contribution in [3.05, 3.63) is 36.5 Å². The molecular weight excluding hydrogens is 318 g/mol. The lowest BCUT2D eigenvalue weighted by Crippen LogP contribution is -2.28. The molecule has 3 heterocycles. The van der Waals surface area contributed by atoms with Crippen LogP contribution in [0.1, 0.15) is 23.3 Å². The lowest BCUT2D eigenvalue weighted by Gasteiger charge is -2.16. The predicted molar refractivity (Wildman–Crippen MR) is 83.6 cm³/mol. The lowest BCUT2D eigenvalue weighted by atomic mass is 10.4. The van der Waals surface area contributed by atoms with E-state index in [2.05, 4.69) is 15.0 Å². The van der Waals surface area contributed by atoms with Crippen molar-refractivity contribution in [2.75, 3.05) is 24.4 Å². The Morgan fingerprint density at radius 1 is 1.30 bits per heavy atom. The molecule has 23 heavy (non-hydrogen) atoms. The molecule has 0 atom stereocenters. The monoisotopic (exact) mass is 335 g/mol. The van der Waals surface area contributed by atoms with Crippen molar-refractivity contribution in [1.82, 2.24) is 19.9 Å². The quantitative estimate of drug-likeness (QED) is 0.893. The summed E-state index contributed by atoms with van der Waals surface area (Å²) in [5, 5.41) is 0. The predicted octanol–water partition coefficient (Wildman–Crippen LogP) is 0.866. The average Bonchev–Trinajstić information content (AvgIpc) is 3.26. The molecule has 122 valence electrons. The summed E-state index contributed by atoms with van der Waals surface area (Å²) in [5.74, 6) is 0.0345. The van der Waals surface area contributed by atoms with E-state index in [0.717, 1.165) is 17.1 Å². The van der Waals surface area contributed by atoms with Crippen molar-refractivity contribution in [2.24, 2.45) is 0 Å². The number of carbonyl (C=O) groups is 1. The van der Waals surface area contributed by atoms with Gasteiger partial charge in [0.2, 0.25) is 0 Å². The molecule has 1 amide bonds. The number of rotatable bonds is 4. The Hall–Kier alpha value is -2.42. The minimum Gasteiger partial charge on any atom is -0.356 e. The van der Waals surface area contributed by atoms with Gasteiger partial charge in [0.1, 0.15) is 10.6 Å². The zero-order chi connectivity index (χ0) is 16.4. The van der Waals surface area contributed by atoms with Crippen LogP contribution in [-0.4, -0.2) is 54.3 Å². The normalized spacial score (nSPS) is 14.9. The number of carbonyl (C=O) groups excluding carboxylic acids is 1. The van der Waals surface area contributed by atoms with Gasteiger partial charge < -0.3 is 9.88 Å². The van der Waals surface area contributed by atoms with Gasteiger partial charge in [-0.15, -0.1) is 0 Å². The number of hydrogen-bond donors (Lipinski definition) is 1. The molecule has 2 aromatic rings. The molecule has 1 saturated heterocycles. The number of anilines is 1. The summed E-state index contributed by atoms with van der Waals surface area (Å²) in [7, 11) is -2.40. The van der Waals surface area contributed by atoms with Crippen LogP contribution < -0.4 is 4.31 Å². The third-order valence-corrected chi connectivity index (χ3v) is 5.55. The standard InChI is InChI=1S/C14H17N5O3S/c1-18(13-10-15-4-5-16-13)23(21,22)11-8-12(17-9-11)14(20)19-6-2-3-7-19/h4-5,8-10,17H,2-3,6-7H2,1H3. The molecule has 1 fully saturated rings. The first-order valence-electron chi connectivity index (χ1n) is 7.23. The summed E-state index contributed by atoms with van der Waals surface area (Å²) >= 11 is 0. The Kier molecular flexibility index (Phi) is 4.03.